The monoisotopic (exact) mass is 424 g/mol. The third-order valence-corrected chi connectivity index (χ3v) is 6.20. The number of carbonyl (C=O) groups excluding carboxylic acids is 1. The van der Waals surface area contributed by atoms with E-state index < -0.39 is 27.5 Å². The van der Waals surface area contributed by atoms with Crippen molar-refractivity contribution in [3.8, 4) is 0 Å². The fraction of sp³-hybridized carbons (Fsp3) is 0.524. The third-order valence-electron chi connectivity index (χ3n) is 4.64. The lowest BCUT2D eigenvalue weighted by molar-refractivity contribution is -0.116. The van der Waals surface area contributed by atoms with Gasteiger partial charge in [0.1, 0.15) is 11.6 Å². The number of Topliss-reactive ketones (excluding diaryl/α,β-unsaturated/α-hetero) is 1. The van der Waals surface area contributed by atoms with Crippen molar-refractivity contribution in [1.29, 1.82) is 0 Å². The molecule has 0 saturated heterocycles. The van der Waals surface area contributed by atoms with Gasteiger partial charge < -0.3 is 5.11 Å². The Morgan fingerprint density at radius 1 is 1.14 bits per heavy atom. The minimum atomic E-state index is -3.91. The van der Waals surface area contributed by atoms with Crippen molar-refractivity contribution in [3.05, 3.63) is 46.9 Å². The summed E-state index contributed by atoms with van der Waals surface area (Å²) in [6.45, 7) is 9.39. The maximum Gasteiger partial charge on any atom is 0.204 e. The minimum Gasteiger partial charge on any atom is -0.391 e. The number of aromatic nitrogens is 2. The molecule has 0 fully saturated rings. The lowest BCUT2D eigenvalue weighted by Gasteiger charge is -2.19. The van der Waals surface area contributed by atoms with Gasteiger partial charge in [0.15, 0.2) is 10.8 Å². The molecule has 0 amide bonds. The van der Waals surface area contributed by atoms with Gasteiger partial charge in [-0.3, -0.25) is 9.48 Å². The standard InChI is InChI=1S/C21H29FN2O4S/c1-13(2)18-8-16(22)9-19(14(3)4)20(18)10-17(26)12-29(27,28)21-6-7-24(23-21)11-15(5)25/h6-9,13-15,25H,10-12H2,1-5H3/t15-/m1/s1. The Hall–Kier alpha value is -2.06. The molecule has 2 rings (SSSR count). The largest absolute Gasteiger partial charge is 0.391 e. The number of sulfone groups is 1. The van der Waals surface area contributed by atoms with E-state index in [1.54, 1.807) is 6.92 Å². The number of ketones is 1. The molecule has 1 atom stereocenters. The van der Waals surface area contributed by atoms with E-state index in [9.17, 15) is 22.7 Å². The molecule has 6 nitrogen and oxygen atoms in total. The van der Waals surface area contributed by atoms with Crippen molar-refractivity contribution < 1.29 is 22.7 Å². The number of nitrogens with zero attached hydrogens (tertiary/aromatic N) is 2. The zero-order valence-corrected chi connectivity index (χ0v) is 18.3. The minimum absolute atomic E-state index is 0.00113. The van der Waals surface area contributed by atoms with Crippen molar-refractivity contribution in [1.82, 2.24) is 9.78 Å². The summed E-state index contributed by atoms with van der Waals surface area (Å²) in [4.78, 5) is 12.7. The van der Waals surface area contributed by atoms with Crippen LogP contribution in [-0.2, 0) is 27.6 Å². The number of rotatable bonds is 9. The normalized spacial score (nSPS) is 13.3. The lowest BCUT2D eigenvalue weighted by atomic mass is 9.86. The molecule has 8 heteroatoms. The van der Waals surface area contributed by atoms with Crippen LogP contribution in [0.15, 0.2) is 29.4 Å². The predicted molar refractivity (Wildman–Crippen MR) is 109 cm³/mol. The quantitative estimate of drug-likeness (QED) is 0.668. The summed E-state index contributed by atoms with van der Waals surface area (Å²) >= 11 is 0. The Kier molecular flexibility index (Phi) is 7.35. The van der Waals surface area contributed by atoms with Gasteiger partial charge in [-0.25, -0.2) is 12.8 Å². The molecule has 2 aromatic rings. The highest BCUT2D eigenvalue weighted by atomic mass is 32.2. The van der Waals surface area contributed by atoms with E-state index in [4.69, 9.17) is 0 Å². The van der Waals surface area contributed by atoms with Crippen molar-refractivity contribution in [2.24, 2.45) is 0 Å². The van der Waals surface area contributed by atoms with Crippen LogP contribution in [-0.4, -0.2) is 40.9 Å². The Bertz CT molecular complexity index is 949. The number of hydrogen-bond acceptors (Lipinski definition) is 5. The molecule has 1 heterocycles. The van der Waals surface area contributed by atoms with Crippen LogP contribution in [0.1, 0.15) is 63.1 Å². The molecule has 0 radical (unpaired) electrons. The number of aliphatic hydroxyl groups excluding tert-OH is 1. The highest BCUT2D eigenvalue weighted by Gasteiger charge is 2.25. The van der Waals surface area contributed by atoms with Gasteiger partial charge in [-0.1, -0.05) is 27.7 Å². The average Bonchev–Trinajstić information content (AvgIpc) is 3.03. The smallest absolute Gasteiger partial charge is 0.204 e. The summed E-state index contributed by atoms with van der Waals surface area (Å²) in [5.41, 5.74) is 2.15. The molecule has 0 unspecified atom stereocenters. The van der Waals surface area contributed by atoms with Gasteiger partial charge in [0.2, 0.25) is 9.84 Å². The molecule has 0 aliphatic rings. The summed E-state index contributed by atoms with van der Waals surface area (Å²) < 4.78 is 40.6. The second-order valence-corrected chi connectivity index (χ2v) is 10.0. The van der Waals surface area contributed by atoms with Gasteiger partial charge >= 0.3 is 0 Å². The number of halogens is 1. The topological polar surface area (TPSA) is 89.3 Å². The van der Waals surface area contributed by atoms with E-state index >= 15 is 0 Å². The van der Waals surface area contributed by atoms with Crippen molar-refractivity contribution in [3.63, 3.8) is 0 Å². The van der Waals surface area contributed by atoms with Gasteiger partial charge in [-0.15, -0.1) is 0 Å². The van der Waals surface area contributed by atoms with E-state index in [2.05, 4.69) is 5.10 Å². The summed E-state index contributed by atoms with van der Waals surface area (Å²) in [6, 6.07) is 4.17. The Morgan fingerprint density at radius 3 is 2.17 bits per heavy atom. The first kappa shape index (κ1) is 23.2. The molecular formula is C21H29FN2O4S. The molecule has 29 heavy (non-hydrogen) atoms. The average molecular weight is 425 g/mol. The molecule has 0 saturated carbocycles. The molecular weight excluding hydrogens is 395 g/mol. The zero-order chi connectivity index (χ0) is 21.9. The van der Waals surface area contributed by atoms with E-state index in [1.807, 2.05) is 27.7 Å². The van der Waals surface area contributed by atoms with Crippen LogP contribution < -0.4 is 0 Å². The summed E-state index contributed by atoms with van der Waals surface area (Å²) in [5, 5.41) is 13.2. The van der Waals surface area contributed by atoms with Crippen molar-refractivity contribution in [2.75, 3.05) is 5.75 Å². The van der Waals surface area contributed by atoms with Crippen LogP contribution in [0.2, 0.25) is 0 Å². The number of hydrogen-bond donors (Lipinski definition) is 1. The van der Waals surface area contributed by atoms with E-state index in [1.165, 1.54) is 29.1 Å². The van der Waals surface area contributed by atoms with Crippen LogP contribution in [0, 0.1) is 5.82 Å². The van der Waals surface area contributed by atoms with Gasteiger partial charge in [0, 0.05) is 12.6 Å². The highest BCUT2D eigenvalue weighted by molar-refractivity contribution is 7.92. The molecule has 160 valence electrons. The van der Waals surface area contributed by atoms with Gasteiger partial charge in [-0.05, 0) is 53.6 Å². The third kappa shape index (κ3) is 5.96. The van der Waals surface area contributed by atoms with Crippen LogP contribution in [0.4, 0.5) is 4.39 Å². The molecule has 0 spiro atoms. The fourth-order valence-corrected chi connectivity index (χ4v) is 4.50. The Labute approximate surface area is 171 Å². The van der Waals surface area contributed by atoms with Crippen LogP contribution in [0.3, 0.4) is 0 Å². The Morgan fingerprint density at radius 2 is 1.69 bits per heavy atom. The number of benzene rings is 1. The predicted octanol–water partition coefficient (Wildman–Crippen LogP) is 3.24. The molecule has 1 N–H and O–H groups in total. The van der Waals surface area contributed by atoms with E-state index in [0.29, 0.717) is 5.56 Å². The number of aliphatic hydroxyl groups is 1. The van der Waals surface area contributed by atoms with Gasteiger partial charge in [0.05, 0.1) is 12.6 Å². The summed E-state index contributed by atoms with van der Waals surface area (Å²) in [5.74, 6) is -1.50. The van der Waals surface area contributed by atoms with Crippen LogP contribution in [0.25, 0.3) is 0 Å². The van der Waals surface area contributed by atoms with Crippen molar-refractivity contribution >= 4 is 15.6 Å². The molecule has 1 aromatic carbocycles. The molecule has 0 bridgehead atoms. The summed E-state index contributed by atoms with van der Waals surface area (Å²) in [6.07, 6.45) is 0.710. The SMILES string of the molecule is CC(C)c1cc(F)cc(C(C)C)c1CC(=O)CS(=O)(=O)c1ccn(C[C@@H](C)O)n1. The first-order chi connectivity index (χ1) is 13.4. The van der Waals surface area contributed by atoms with Crippen LogP contribution in [0.5, 0.6) is 0 Å². The summed E-state index contributed by atoms with van der Waals surface area (Å²) in [7, 11) is -3.91. The number of carbonyl (C=O) groups is 1. The lowest BCUT2D eigenvalue weighted by Crippen LogP contribution is -2.21. The van der Waals surface area contributed by atoms with E-state index in [-0.39, 0.29) is 35.6 Å². The van der Waals surface area contributed by atoms with Crippen LogP contribution >= 0.6 is 0 Å². The fourth-order valence-electron chi connectivity index (χ4n) is 3.33. The molecule has 0 aliphatic carbocycles. The van der Waals surface area contributed by atoms with Crippen molar-refractivity contribution in [2.45, 2.75) is 70.6 Å². The van der Waals surface area contributed by atoms with Gasteiger partial charge in [0.25, 0.3) is 0 Å². The van der Waals surface area contributed by atoms with E-state index in [0.717, 1.165) is 11.1 Å². The maximum absolute atomic E-state index is 14.0. The first-order valence-electron chi connectivity index (χ1n) is 9.69. The highest BCUT2D eigenvalue weighted by Crippen LogP contribution is 2.30. The molecule has 0 aliphatic heterocycles. The maximum atomic E-state index is 14.0. The second-order valence-electron chi connectivity index (χ2n) is 8.07. The Balaban J connectivity index is 2.27. The molecule has 1 aromatic heterocycles. The van der Waals surface area contributed by atoms with Gasteiger partial charge in [-0.2, -0.15) is 5.10 Å². The second kappa shape index (κ2) is 9.17. The first-order valence-corrected chi connectivity index (χ1v) is 11.3. The zero-order valence-electron chi connectivity index (χ0n) is 17.5.